The number of alkyl halides is 1. The molecule has 0 radical (unpaired) electrons. The molecule has 0 N–H and O–H groups in total. The first-order valence-corrected chi connectivity index (χ1v) is 12.4. The minimum absolute atomic E-state index is 0.403. The van der Waals surface area contributed by atoms with Crippen LogP contribution in [0.15, 0.2) is 140 Å². The quantitative estimate of drug-likeness (QED) is 0.0928. The van der Waals surface area contributed by atoms with Gasteiger partial charge in [0.2, 0.25) is 0 Å². The molecule has 5 aromatic rings. The number of carbonyl (C=O) groups is 1. The van der Waals surface area contributed by atoms with Crippen LogP contribution in [0.25, 0.3) is 0 Å². The number of hydrogen-bond acceptors (Lipinski definition) is 3. The largest absolute Gasteiger partial charge is 0.489 e. The van der Waals surface area contributed by atoms with Gasteiger partial charge in [-0.05, 0) is 58.7 Å². The molecule has 1 unspecified atom stereocenters. The summed E-state index contributed by atoms with van der Waals surface area (Å²) in [7, 11) is 0. The van der Waals surface area contributed by atoms with E-state index in [1.807, 2.05) is 103 Å². The molecule has 0 amide bonds. The van der Waals surface area contributed by atoms with E-state index in [9.17, 15) is 4.79 Å². The van der Waals surface area contributed by atoms with Gasteiger partial charge in [0.05, 0.1) is 5.56 Å². The summed E-state index contributed by atoms with van der Waals surface area (Å²) in [4.78, 5) is 11.5. The molecule has 5 aromatic carbocycles. The van der Waals surface area contributed by atoms with Crippen LogP contribution in [0.3, 0.4) is 0 Å². The second kappa shape index (κ2) is 11.2. The predicted molar refractivity (Wildman–Crippen MR) is 147 cm³/mol. The van der Waals surface area contributed by atoms with E-state index in [0.29, 0.717) is 17.9 Å². The summed E-state index contributed by atoms with van der Waals surface area (Å²) in [5, 5.41) is 0. The van der Waals surface area contributed by atoms with E-state index in [0.717, 1.165) is 28.0 Å². The van der Waals surface area contributed by atoms with Gasteiger partial charge < -0.3 is 9.47 Å². The topological polar surface area (TPSA) is 35.5 Å². The number of benzene rings is 5. The zero-order valence-corrected chi connectivity index (χ0v) is 20.8. The first kappa shape index (κ1) is 24.4. The molecule has 182 valence electrons. The van der Waals surface area contributed by atoms with Crippen molar-refractivity contribution < 1.29 is 14.3 Å². The van der Waals surface area contributed by atoms with Gasteiger partial charge in [-0.25, -0.2) is 4.79 Å². The van der Waals surface area contributed by atoms with Gasteiger partial charge in [0.15, 0.2) is 0 Å². The zero-order valence-electron chi connectivity index (χ0n) is 20.1. The van der Waals surface area contributed by atoms with Crippen molar-refractivity contribution in [2.24, 2.45) is 0 Å². The second-order valence-electron chi connectivity index (χ2n) is 8.60. The van der Waals surface area contributed by atoms with E-state index in [1.165, 1.54) is 0 Å². The molecular weight excluding hydrogens is 480 g/mol. The van der Waals surface area contributed by atoms with Gasteiger partial charge in [-0.15, -0.1) is 11.6 Å². The number of rotatable bonds is 8. The van der Waals surface area contributed by atoms with Gasteiger partial charge in [0.25, 0.3) is 0 Å². The maximum atomic E-state index is 12.5. The summed E-state index contributed by atoms with van der Waals surface area (Å²) < 4.78 is 11.5. The van der Waals surface area contributed by atoms with Gasteiger partial charge in [-0.3, -0.25) is 0 Å². The molecule has 0 heterocycles. The Hall–Kier alpha value is -4.34. The summed E-state index contributed by atoms with van der Waals surface area (Å²) in [6.45, 7) is 0.494. The summed E-state index contributed by atoms with van der Waals surface area (Å²) in [6.07, 6.45) is 0. The lowest BCUT2D eigenvalue weighted by atomic mass is 9.84. The van der Waals surface area contributed by atoms with Crippen molar-refractivity contribution in [1.29, 1.82) is 0 Å². The third-order valence-electron chi connectivity index (χ3n) is 6.14. The van der Waals surface area contributed by atoms with Gasteiger partial charge >= 0.3 is 5.97 Å². The average Bonchev–Trinajstić information content (AvgIpc) is 2.98. The molecule has 0 aromatic heterocycles. The van der Waals surface area contributed by atoms with E-state index in [2.05, 4.69) is 0 Å². The van der Waals surface area contributed by atoms with E-state index >= 15 is 0 Å². The maximum Gasteiger partial charge on any atom is 0.343 e. The SMILES string of the molecule is O=C(Oc1ccc(C(Cl)(c2ccccc2)c2ccc(OCc3ccccc3)cc2)cc1)c1ccccc1. The van der Waals surface area contributed by atoms with Gasteiger partial charge in [-0.1, -0.05) is 103 Å². The third kappa shape index (κ3) is 5.58. The van der Waals surface area contributed by atoms with Crippen LogP contribution in [0.5, 0.6) is 11.5 Å². The molecule has 0 spiro atoms. The number of carbonyl (C=O) groups excluding carboxylic acids is 1. The highest BCUT2D eigenvalue weighted by Crippen LogP contribution is 2.44. The van der Waals surface area contributed by atoms with Crippen LogP contribution in [0, 0.1) is 0 Å². The van der Waals surface area contributed by atoms with Crippen LogP contribution in [-0.4, -0.2) is 5.97 Å². The zero-order chi connectivity index (χ0) is 25.5. The molecule has 0 aliphatic heterocycles. The molecule has 0 aliphatic rings. The monoisotopic (exact) mass is 504 g/mol. The molecule has 4 heteroatoms. The molecule has 0 saturated carbocycles. The van der Waals surface area contributed by atoms with Crippen molar-refractivity contribution in [2.45, 2.75) is 11.5 Å². The van der Waals surface area contributed by atoms with E-state index in [-0.39, 0.29) is 0 Å². The molecule has 0 saturated heterocycles. The first-order valence-electron chi connectivity index (χ1n) is 12.0. The fraction of sp³-hybridized carbons (Fsp3) is 0.0606. The lowest BCUT2D eigenvalue weighted by molar-refractivity contribution is 0.0734. The molecular formula is C33H25ClO3. The smallest absolute Gasteiger partial charge is 0.343 e. The minimum Gasteiger partial charge on any atom is -0.489 e. The van der Waals surface area contributed by atoms with Crippen LogP contribution in [-0.2, 0) is 11.5 Å². The van der Waals surface area contributed by atoms with Crippen LogP contribution in [0.4, 0.5) is 0 Å². The Morgan fingerprint density at radius 2 is 1.03 bits per heavy atom. The summed E-state index contributed by atoms with van der Waals surface area (Å²) in [5.41, 5.74) is 4.30. The van der Waals surface area contributed by atoms with Crippen molar-refractivity contribution in [3.05, 3.63) is 167 Å². The Morgan fingerprint density at radius 1 is 0.568 bits per heavy atom. The molecule has 0 fully saturated rings. The fourth-order valence-electron chi connectivity index (χ4n) is 4.18. The fourth-order valence-corrected chi connectivity index (χ4v) is 4.56. The van der Waals surface area contributed by atoms with Crippen molar-refractivity contribution in [1.82, 2.24) is 0 Å². The highest BCUT2D eigenvalue weighted by Gasteiger charge is 2.34. The van der Waals surface area contributed by atoms with Crippen molar-refractivity contribution in [3.8, 4) is 11.5 Å². The van der Waals surface area contributed by atoms with Crippen LogP contribution in [0.2, 0.25) is 0 Å². The number of esters is 1. The van der Waals surface area contributed by atoms with E-state index in [4.69, 9.17) is 21.1 Å². The van der Waals surface area contributed by atoms with Gasteiger partial charge in [0, 0.05) is 0 Å². The Balaban J connectivity index is 1.40. The van der Waals surface area contributed by atoms with Crippen LogP contribution >= 0.6 is 11.6 Å². The lowest BCUT2D eigenvalue weighted by Crippen LogP contribution is -2.22. The van der Waals surface area contributed by atoms with Crippen molar-refractivity contribution in [3.63, 3.8) is 0 Å². The molecule has 3 nitrogen and oxygen atoms in total. The normalized spacial score (nSPS) is 12.4. The summed E-state index contributed by atoms with van der Waals surface area (Å²) in [6, 6.07) is 44.1. The molecule has 5 rings (SSSR count). The lowest BCUT2D eigenvalue weighted by Gasteiger charge is -2.29. The average molecular weight is 505 g/mol. The second-order valence-corrected chi connectivity index (χ2v) is 9.17. The predicted octanol–water partition coefficient (Wildman–Crippen LogP) is 8.02. The Bertz CT molecular complexity index is 1440. The van der Waals surface area contributed by atoms with Crippen LogP contribution in [0.1, 0.15) is 32.6 Å². The van der Waals surface area contributed by atoms with E-state index < -0.39 is 10.8 Å². The maximum absolute atomic E-state index is 12.5. The van der Waals surface area contributed by atoms with Crippen molar-refractivity contribution in [2.75, 3.05) is 0 Å². The number of hydrogen-bond donors (Lipinski definition) is 0. The Morgan fingerprint density at radius 3 is 1.59 bits per heavy atom. The van der Waals surface area contributed by atoms with Crippen LogP contribution < -0.4 is 9.47 Å². The standard InChI is InChI=1S/C33H25ClO3/c34-33(27-14-8-3-9-15-27,28-16-20-30(21-17-28)36-24-25-10-4-1-5-11-25)29-18-22-31(23-19-29)37-32(35)26-12-6-2-7-13-26/h1-23H,24H2. The Kier molecular flexibility index (Phi) is 7.34. The Labute approximate surface area is 221 Å². The van der Waals surface area contributed by atoms with Gasteiger partial charge in [-0.2, -0.15) is 0 Å². The van der Waals surface area contributed by atoms with Gasteiger partial charge in [0.1, 0.15) is 23.0 Å². The molecule has 37 heavy (non-hydrogen) atoms. The molecule has 1 atom stereocenters. The summed E-state index contributed by atoms with van der Waals surface area (Å²) in [5.74, 6) is 0.817. The third-order valence-corrected chi connectivity index (χ3v) is 6.80. The summed E-state index contributed by atoms with van der Waals surface area (Å²) >= 11 is 7.45. The first-order chi connectivity index (χ1) is 18.1. The highest BCUT2D eigenvalue weighted by molar-refractivity contribution is 6.28. The number of ether oxygens (including phenoxy) is 2. The molecule has 0 bridgehead atoms. The minimum atomic E-state index is -0.943. The van der Waals surface area contributed by atoms with E-state index in [1.54, 1.807) is 36.4 Å². The van der Waals surface area contributed by atoms with Crippen molar-refractivity contribution >= 4 is 17.6 Å². The highest BCUT2D eigenvalue weighted by atomic mass is 35.5. The molecule has 0 aliphatic carbocycles. The number of halogens is 1.